The average Bonchev–Trinajstić information content (AvgIpc) is 3.17. The van der Waals surface area contributed by atoms with Crippen LogP contribution in [0.2, 0.25) is 0 Å². The molecule has 2 aliphatic rings. The summed E-state index contributed by atoms with van der Waals surface area (Å²) >= 11 is 0. The van der Waals surface area contributed by atoms with E-state index in [0.717, 1.165) is 12.2 Å². The first-order valence-electron chi connectivity index (χ1n) is 9.06. The quantitative estimate of drug-likeness (QED) is 0.416. The molecule has 1 aliphatic carbocycles. The van der Waals surface area contributed by atoms with Gasteiger partial charge in [-0.3, -0.25) is 9.89 Å². The number of fused-ring (bicyclic) bond motifs is 1. The lowest BCUT2D eigenvalue weighted by Crippen LogP contribution is -2.40. The molecule has 24 heavy (non-hydrogen) atoms. The van der Waals surface area contributed by atoms with E-state index in [1.54, 1.807) is 0 Å². The minimum atomic E-state index is 0. The molecule has 1 heterocycles. The highest BCUT2D eigenvalue weighted by atomic mass is 127. The Morgan fingerprint density at radius 1 is 1.17 bits per heavy atom. The Balaban J connectivity index is 0.00000208. The second kappa shape index (κ2) is 9.04. The molecule has 0 radical (unpaired) electrons. The number of halogens is 1. The van der Waals surface area contributed by atoms with E-state index < -0.39 is 0 Å². The maximum absolute atomic E-state index is 6.12. The first-order valence-corrected chi connectivity index (χ1v) is 9.06. The molecule has 4 nitrogen and oxygen atoms in total. The fourth-order valence-electron chi connectivity index (χ4n) is 3.85. The molecule has 1 unspecified atom stereocenters. The fourth-order valence-corrected chi connectivity index (χ4v) is 3.85. The van der Waals surface area contributed by atoms with Crippen LogP contribution in [0.15, 0.2) is 23.2 Å². The molecule has 0 aromatic heterocycles. The number of guanidine groups is 1. The van der Waals surface area contributed by atoms with Crippen LogP contribution in [-0.4, -0.2) is 36.5 Å². The number of aryl methyl sites for hydroxylation is 2. The van der Waals surface area contributed by atoms with Crippen molar-refractivity contribution >= 4 is 35.6 Å². The molecule has 0 amide bonds. The Bertz CT molecular complexity index is 564. The summed E-state index contributed by atoms with van der Waals surface area (Å²) in [7, 11) is 0. The summed E-state index contributed by atoms with van der Waals surface area (Å²) in [6.45, 7) is 7.75. The monoisotopic (exact) mass is 442 g/mol. The summed E-state index contributed by atoms with van der Waals surface area (Å²) in [5.74, 6) is 1.14. The van der Waals surface area contributed by atoms with Gasteiger partial charge in [-0.1, -0.05) is 19.9 Å². The molecule has 0 bridgehead atoms. The molecular formula is C19H31IN4. The summed E-state index contributed by atoms with van der Waals surface area (Å²) in [6.07, 6.45) is 6.30. The average molecular weight is 442 g/mol. The summed E-state index contributed by atoms with van der Waals surface area (Å²) in [6, 6.07) is 7.06. The van der Waals surface area contributed by atoms with Crippen LogP contribution in [0.3, 0.4) is 0 Å². The maximum Gasteiger partial charge on any atom is 0.193 e. The largest absolute Gasteiger partial charge is 0.370 e. The van der Waals surface area contributed by atoms with Gasteiger partial charge in [-0.15, -0.1) is 24.0 Å². The molecule has 1 aromatic rings. The molecule has 0 saturated carbocycles. The Morgan fingerprint density at radius 3 is 2.58 bits per heavy atom. The van der Waals surface area contributed by atoms with Crippen LogP contribution in [0, 0.1) is 5.92 Å². The molecule has 1 aromatic carbocycles. The number of aliphatic imine (C=N–C) groups is 1. The SMILES string of the molecule is CC(C)C(CN=C(N)Nc1ccc2c(c1)CCC2)N1CCCC1.I. The van der Waals surface area contributed by atoms with Gasteiger partial charge in [0, 0.05) is 11.7 Å². The molecular weight excluding hydrogens is 411 g/mol. The van der Waals surface area contributed by atoms with Gasteiger partial charge in [0.2, 0.25) is 0 Å². The zero-order chi connectivity index (χ0) is 16.2. The van der Waals surface area contributed by atoms with E-state index >= 15 is 0 Å². The van der Waals surface area contributed by atoms with Crippen LogP contribution in [-0.2, 0) is 12.8 Å². The van der Waals surface area contributed by atoms with Gasteiger partial charge in [0.1, 0.15) is 0 Å². The van der Waals surface area contributed by atoms with Crippen molar-refractivity contribution in [3.8, 4) is 0 Å². The van der Waals surface area contributed by atoms with Crippen LogP contribution in [0.25, 0.3) is 0 Å². The highest BCUT2D eigenvalue weighted by Crippen LogP contribution is 2.24. The number of anilines is 1. The smallest absolute Gasteiger partial charge is 0.193 e. The van der Waals surface area contributed by atoms with Gasteiger partial charge in [0.15, 0.2) is 5.96 Å². The van der Waals surface area contributed by atoms with Crippen molar-refractivity contribution in [3.05, 3.63) is 29.3 Å². The second-order valence-corrected chi connectivity index (χ2v) is 7.24. The van der Waals surface area contributed by atoms with Crippen molar-refractivity contribution in [3.63, 3.8) is 0 Å². The first kappa shape index (κ1) is 19.5. The number of nitrogens with two attached hydrogens (primary N) is 1. The topological polar surface area (TPSA) is 53.6 Å². The van der Waals surface area contributed by atoms with Crippen LogP contribution < -0.4 is 11.1 Å². The maximum atomic E-state index is 6.12. The minimum absolute atomic E-state index is 0. The van der Waals surface area contributed by atoms with E-state index in [-0.39, 0.29) is 24.0 Å². The minimum Gasteiger partial charge on any atom is -0.370 e. The molecule has 1 atom stereocenters. The third kappa shape index (κ3) is 4.85. The standard InChI is InChI=1S/C19H30N4.HI/c1-14(2)18(23-10-3-4-11-23)13-21-19(20)22-17-9-8-15-6-5-7-16(15)12-17;/h8-9,12,14,18H,3-7,10-11,13H2,1-2H3,(H3,20,21,22);1H. The summed E-state index contributed by atoms with van der Waals surface area (Å²) in [5.41, 5.74) is 10.1. The fraction of sp³-hybridized carbons (Fsp3) is 0.632. The van der Waals surface area contributed by atoms with E-state index in [1.807, 2.05) is 0 Å². The van der Waals surface area contributed by atoms with E-state index in [4.69, 9.17) is 5.73 Å². The van der Waals surface area contributed by atoms with Crippen molar-refractivity contribution in [2.45, 2.75) is 52.0 Å². The van der Waals surface area contributed by atoms with Crippen LogP contribution in [0.5, 0.6) is 0 Å². The molecule has 1 fully saturated rings. The highest BCUT2D eigenvalue weighted by molar-refractivity contribution is 14.0. The lowest BCUT2D eigenvalue weighted by molar-refractivity contribution is 0.198. The van der Waals surface area contributed by atoms with Crippen molar-refractivity contribution in [2.75, 3.05) is 25.0 Å². The van der Waals surface area contributed by atoms with Gasteiger partial charge >= 0.3 is 0 Å². The van der Waals surface area contributed by atoms with Crippen molar-refractivity contribution in [1.82, 2.24) is 4.90 Å². The van der Waals surface area contributed by atoms with Gasteiger partial charge in [-0.2, -0.15) is 0 Å². The molecule has 5 heteroatoms. The predicted octanol–water partition coefficient (Wildman–Crippen LogP) is 3.64. The van der Waals surface area contributed by atoms with Crippen molar-refractivity contribution in [2.24, 2.45) is 16.6 Å². The number of hydrogen-bond donors (Lipinski definition) is 2. The number of benzene rings is 1. The lowest BCUT2D eigenvalue weighted by atomic mass is 10.0. The van der Waals surface area contributed by atoms with Crippen LogP contribution >= 0.6 is 24.0 Å². The van der Waals surface area contributed by atoms with E-state index in [1.165, 1.54) is 56.3 Å². The van der Waals surface area contributed by atoms with E-state index in [9.17, 15) is 0 Å². The Labute approximate surface area is 163 Å². The summed E-state index contributed by atoms with van der Waals surface area (Å²) in [4.78, 5) is 7.19. The summed E-state index contributed by atoms with van der Waals surface area (Å²) < 4.78 is 0. The van der Waals surface area contributed by atoms with Crippen LogP contribution in [0.1, 0.15) is 44.2 Å². The van der Waals surface area contributed by atoms with Crippen LogP contribution in [0.4, 0.5) is 5.69 Å². The number of nitrogens with one attached hydrogen (secondary N) is 1. The normalized spacial score (nSPS) is 19.2. The Hall–Kier alpha value is -0.820. The van der Waals surface area contributed by atoms with Crippen molar-refractivity contribution in [1.29, 1.82) is 0 Å². The summed E-state index contributed by atoms with van der Waals surface area (Å²) in [5, 5.41) is 3.27. The molecule has 3 rings (SSSR count). The van der Waals surface area contributed by atoms with Gasteiger partial charge in [0.05, 0.1) is 6.54 Å². The molecule has 3 N–H and O–H groups in total. The highest BCUT2D eigenvalue weighted by Gasteiger charge is 2.24. The molecule has 1 saturated heterocycles. The van der Waals surface area contributed by atoms with Crippen molar-refractivity contribution < 1.29 is 0 Å². The third-order valence-electron chi connectivity index (χ3n) is 5.20. The number of rotatable bonds is 5. The van der Waals surface area contributed by atoms with Gasteiger partial charge in [-0.05, 0) is 74.4 Å². The second-order valence-electron chi connectivity index (χ2n) is 7.24. The lowest BCUT2D eigenvalue weighted by Gasteiger charge is -2.29. The van der Waals surface area contributed by atoms with Gasteiger partial charge in [-0.25, -0.2) is 0 Å². The van der Waals surface area contributed by atoms with Gasteiger partial charge in [0.25, 0.3) is 0 Å². The molecule has 0 spiro atoms. The number of hydrogen-bond acceptors (Lipinski definition) is 2. The molecule has 1 aliphatic heterocycles. The number of nitrogens with zero attached hydrogens (tertiary/aromatic N) is 2. The zero-order valence-electron chi connectivity index (χ0n) is 14.9. The number of likely N-dealkylation sites (tertiary alicyclic amines) is 1. The predicted molar refractivity (Wildman–Crippen MR) is 113 cm³/mol. The van der Waals surface area contributed by atoms with Gasteiger partial charge < -0.3 is 11.1 Å². The van der Waals surface area contributed by atoms with E-state index in [2.05, 4.69) is 47.3 Å². The third-order valence-corrected chi connectivity index (χ3v) is 5.20. The first-order chi connectivity index (χ1) is 11.1. The molecule has 134 valence electrons. The zero-order valence-corrected chi connectivity index (χ0v) is 17.3. The Kier molecular flexibility index (Phi) is 7.34. The van der Waals surface area contributed by atoms with E-state index in [0.29, 0.717) is 17.9 Å². The Morgan fingerprint density at radius 2 is 1.88 bits per heavy atom.